The van der Waals surface area contributed by atoms with E-state index in [1.807, 2.05) is 23.7 Å². The van der Waals surface area contributed by atoms with Crippen LogP contribution in [0.3, 0.4) is 0 Å². The van der Waals surface area contributed by atoms with Gasteiger partial charge in [-0.2, -0.15) is 11.8 Å². The summed E-state index contributed by atoms with van der Waals surface area (Å²) in [5, 5.41) is 3.50. The molecule has 2 atom stereocenters. The second-order valence-corrected chi connectivity index (χ2v) is 6.08. The van der Waals surface area contributed by atoms with Crippen molar-refractivity contribution in [2.75, 3.05) is 31.6 Å². The van der Waals surface area contributed by atoms with Crippen LogP contribution in [0.5, 0.6) is 0 Å². The molecule has 0 spiro atoms. The third-order valence-corrected chi connectivity index (χ3v) is 4.72. The lowest BCUT2D eigenvalue weighted by molar-refractivity contribution is -0.133. The zero-order chi connectivity index (χ0) is 11.4. The highest BCUT2D eigenvalue weighted by Gasteiger charge is 2.27. The van der Waals surface area contributed by atoms with E-state index in [4.69, 9.17) is 0 Å². The van der Waals surface area contributed by atoms with Crippen molar-refractivity contribution in [2.45, 2.75) is 31.7 Å². The number of carbonyl (C=O) groups excluding carboxylic acids is 1. The van der Waals surface area contributed by atoms with Crippen LogP contribution in [-0.4, -0.2) is 48.5 Å². The fourth-order valence-electron chi connectivity index (χ4n) is 2.54. The van der Waals surface area contributed by atoms with Crippen LogP contribution < -0.4 is 5.32 Å². The molecule has 0 bridgehead atoms. The van der Waals surface area contributed by atoms with Crippen molar-refractivity contribution < 1.29 is 4.79 Å². The van der Waals surface area contributed by atoms with Gasteiger partial charge in [-0.05, 0) is 31.6 Å². The van der Waals surface area contributed by atoms with Crippen LogP contribution in [0.2, 0.25) is 0 Å². The van der Waals surface area contributed by atoms with Crippen LogP contribution in [0.25, 0.3) is 0 Å². The second kappa shape index (κ2) is 5.92. The minimum atomic E-state index is 0.290. The fourth-order valence-corrected chi connectivity index (χ4v) is 3.75. The highest BCUT2D eigenvalue weighted by atomic mass is 32.2. The number of rotatable bonds is 3. The lowest BCUT2D eigenvalue weighted by Gasteiger charge is -2.29. The van der Waals surface area contributed by atoms with Gasteiger partial charge in [0.15, 0.2) is 0 Å². The van der Waals surface area contributed by atoms with E-state index in [9.17, 15) is 4.79 Å². The summed E-state index contributed by atoms with van der Waals surface area (Å²) in [5.74, 6) is 2.84. The van der Waals surface area contributed by atoms with Gasteiger partial charge in [-0.15, -0.1) is 0 Å². The topological polar surface area (TPSA) is 32.3 Å². The maximum atomic E-state index is 12.1. The molecule has 2 aliphatic heterocycles. The first-order valence-electron chi connectivity index (χ1n) is 6.33. The van der Waals surface area contributed by atoms with Gasteiger partial charge in [0.05, 0.1) is 0 Å². The number of likely N-dealkylation sites (N-methyl/N-ethyl adjacent to an activating group) is 1. The molecule has 16 heavy (non-hydrogen) atoms. The molecule has 4 heteroatoms. The van der Waals surface area contributed by atoms with E-state index in [0.717, 1.165) is 31.0 Å². The molecule has 3 nitrogen and oxygen atoms in total. The Labute approximate surface area is 102 Å². The molecule has 0 aliphatic carbocycles. The molecule has 0 aromatic heterocycles. The number of hydrogen-bond acceptors (Lipinski definition) is 3. The molecule has 1 N–H and O–H groups in total. The van der Waals surface area contributed by atoms with Crippen molar-refractivity contribution in [3.63, 3.8) is 0 Å². The van der Waals surface area contributed by atoms with Gasteiger partial charge in [0.2, 0.25) is 5.91 Å². The van der Waals surface area contributed by atoms with E-state index in [1.54, 1.807) is 0 Å². The van der Waals surface area contributed by atoms with Crippen LogP contribution in [0, 0.1) is 5.92 Å². The van der Waals surface area contributed by atoms with Crippen LogP contribution >= 0.6 is 11.8 Å². The molecule has 0 aromatic carbocycles. The zero-order valence-corrected chi connectivity index (χ0v) is 10.9. The smallest absolute Gasteiger partial charge is 0.226 e. The standard InChI is InChI=1S/C12H22N2OS/c1-14(8-11-4-2-3-6-13-11)12(15)10-5-7-16-9-10/h10-11,13H,2-9H2,1H3. The molecule has 2 unspecified atom stereocenters. The predicted molar refractivity (Wildman–Crippen MR) is 68.7 cm³/mol. The minimum Gasteiger partial charge on any atom is -0.344 e. The number of nitrogens with zero attached hydrogens (tertiary/aromatic N) is 1. The summed E-state index contributed by atoms with van der Waals surface area (Å²) in [6.45, 7) is 2.01. The highest BCUT2D eigenvalue weighted by Crippen LogP contribution is 2.25. The zero-order valence-electron chi connectivity index (χ0n) is 10.1. The Morgan fingerprint density at radius 3 is 2.94 bits per heavy atom. The average Bonchev–Trinajstić information content (AvgIpc) is 2.83. The normalized spacial score (nSPS) is 30.3. The lowest BCUT2D eigenvalue weighted by Crippen LogP contribution is -2.45. The largest absolute Gasteiger partial charge is 0.344 e. The number of nitrogens with one attached hydrogen (secondary N) is 1. The Morgan fingerprint density at radius 2 is 2.31 bits per heavy atom. The van der Waals surface area contributed by atoms with Gasteiger partial charge in [0, 0.05) is 31.3 Å². The molecule has 0 aromatic rings. The van der Waals surface area contributed by atoms with Crippen molar-refractivity contribution in [3.8, 4) is 0 Å². The minimum absolute atomic E-state index is 0.290. The Kier molecular flexibility index (Phi) is 4.53. The molecule has 2 heterocycles. The first kappa shape index (κ1) is 12.2. The van der Waals surface area contributed by atoms with Crippen molar-refractivity contribution in [2.24, 2.45) is 5.92 Å². The SMILES string of the molecule is CN(CC1CCCCN1)C(=O)C1CCSC1. The third kappa shape index (κ3) is 3.14. The highest BCUT2D eigenvalue weighted by molar-refractivity contribution is 7.99. The van der Waals surface area contributed by atoms with Crippen LogP contribution in [0.15, 0.2) is 0 Å². The predicted octanol–water partition coefficient (Wildman–Crippen LogP) is 1.34. The van der Waals surface area contributed by atoms with E-state index in [1.165, 1.54) is 19.3 Å². The average molecular weight is 242 g/mol. The van der Waals surface area contributed by atoms with Crippen LogP contribution in [-0.2, 0) is 4.79 Å². The van der Waals surface area contributed by atoms with Crippen molar-refractivity contribution in [1.29, 1.82) is 0 Å². The third-order valence-electron chi connectivity index (χ3n) is 3.56. The first-order chi connectivity index (χ1) is 7.77. The Balaban J connectivity index is 1.77. The van der Waals surface area contributed by atoms with Gasteiger partial charge in [-0.1, -0.05) is 6.42 Å². The van der Waals surface area contributed by atoms with E-state index in [0.29, 0.717) is 17.9 Å². The summed E-state index contributed by atoms with van der Waals surface area (Å²) in [6, 6.07) is 0.525. The van der Waals surface area contributed by atoms with Gasteiger partial charge in [-0.3, -0.25) is 4.79 Å². The van der Waals surface area contributed by atoms with E-state index < -0.39 is 0 Å². The quantitative estimate of drug-likeness (QED) is 0.810. The molecule has 1 amide bonds. The number of piperidine rings is 1. The van der Waals surface area contributed by atoms with E-state index in [2.05, 4.69) is 5.32 Å². The van der Waals surface area contributed by atoms with Gasteiger partial charge in [-0.25, -0.2) is 0 Å². The van der Waals surface area contributed by atoms with Gasteiger partial charge in [0.25, 0.3) is 0 Å². The molecular formula is C12H22N2OS. The van der Waals surface area contributed by atoms with Crippen LogP contribution in [0.1, 0.15) is 25.7 Å². The fraction of sp³-hybridized carbons (Fsp3) is 0.917. The molecule has 2 aliphatic rings. The maximum absolute atomic E-state index is 12.1. The van der Waals surface area contributed by atoms with Crippen molar-refractivity contribution in [3.05, 3.63) is 0 Å². The molecule has 92 valence electrons. The molecule has 0 saturated carbocycles. The van der Waals surface area contributed by atoms with Gasteiger partial charge < -0.3 is 10.2 Å². The first-order valence-corrected chi connectivity index (χ1v) is 7.49. The lowest BCUT2D eigenvalue weighted by atomic mass is 10.0. The van der Waals surface area contributed by atoms with Gasteiger partial charge in [0.1, 0.15) is 0 Å². The van der Waals surface area contributed by atoms with Crippen molar-refractivity contribution in [1.82, 2.24) is 10.2 Å². The number of hydrogen-bond donors (Lipinski definition) is 1. The summed E-state index contributed by atoms with van der Waals surface area (Å²) in [6.07, 6.45) is 4.88. The summed E-state index contributed by atoms with van der Waals surface area (Å²) < 4.78 is 0. The number of amides is 1. The Morgan fingerprint density at radius 1 is 1.44 bits per heavy atom. The maximum Gasteiger partial charge on any atom is 0.226 e. The second-order valence-electron chi connectivity index (χ2n) is 4.93. The molecule has 2 saturated heterocycles. The van der Waals surface area contributed by atoms with Crippen molar-refractivity contribution >= 4 is 17.7 Å². The molecule has 2 fully saturated rings. The summed E-state index contributed by atoms with van der Waals surface area (Å²) in [4.78, 5) is 14.0. The molecule has 0 radical (unpaired) electrons. The molecular weight excluding hydrogens is 220 g/mol. The monoisotopic (exact) mass is 242 g/mol. The Bertz CT molecular complexity index is 235. The molecule has 2 rings (SSSR count). The van der Waals surface area contributed by atoms with E-state index in [-0.39, 0.29) is 0 Å². The van der Waals surface area contributed by atoms with E-state index >= 15 is 0 Å². The summed E-state index contributed by atoms with van der Waals surface area (Å²) in [5.41, 5.74) is 0. The number of thioether (sulfide) groups is 1. The Hall–Kier alpha value is -0.220. The number of carbonyl (C=O) groups is 1. The van der Waals surface area contributed by atoms with Gasteiger partial charge >= 0.3 is 0 Å². The summed E-state index contributed by atoms with van der Waals surface area (Å²) in [7, 11) is 1.96. The summed E-state index contributed by atoms with van der Waals surface area (Å²) >= 11 is 1.91. The van der Waals surface area contributed by atoms with Crippen LogP contribution in [0.4, 0.5) is 0 Å².